The summed E-state index contributed by atoms with van der Waals surface area (Å²) in [6.07, 6.45) is 0. The first kappa shape index (κ1) is 21.7. The molecule has 1 N–H and O–H groups in total. The Morgan fingerprint density at radius 2 is 1.03 bits per heavy atom. The molecule has 4 aliphatic rings. The smallest absolute Gasteiger partial charge is 0.238 e. The maximum Gasteiger partial charge on any atom is 0.238 e. The predicted octanol–water partition coefficient (Wildman–Crippen LogP) is 5.71. The van der Waals surface area contributed by atoms with Crippen LogP contribution in [0.15, 0.2) is 97.1 Å². The van der Waals surface area contributed by atoms with Crippen molar-refractivity contribution in [1.29, 1.82) is 0 Å². The first-order valence-corrected chi connectivity index (χ1v) is 12.6. The van der Waals surface area contributed by atoms with Gasteiger partial charge in [0.25, 0.3) is 0 Å². The molecule has 2 bridgehead atoms. The highest BCUT2D eigenvalue weighted by molar-refractivity contribution is 6.23. The van der Waals surface area contributed by atoms with Crippen LogP contribution in [-0.4, -0.2) is 17.7 Å². The van der Waals surface area contributed by atoms with E-state index in [9.17, 15) is 14.4 Å². The number of rotatable bonds is 3. The summed E-state index contributed by atoms with van der Waals surface area (Å²) in [7, 11) is 0. The molecule has 0 saturated carbocycles. The number of carbonyl (C=O) groups excluding carboxylic acids is 3. The number of hydrogen-bond donors (Lipinski definition) is 1. The number of anilines is 2. The molecule has 5 nitrogen and oxygen atoms in total. The minimum atomic E-state index is -0.386. The van der Waals surface area contributed by atoms with Crippen molar-refractivity contribution in [3.63, 3.8) is 0 Å². The Morgan fingerprint density at radius 3 is 1.43 bits per heavy atom. The fraction of sp³-hybridized carbons (Fsp3) is 0.156. The van der Waals surface area contributed by atoms with Gasteiger partial charge in [0.05, 0.1) is 17.5 Å². The fourth-order valence-corrected chi connectivity index (χ4v) is 6.68. The molecule has 180 valence electrons. The zero-order valence-corrected chi connectivity index (χ0v) is 20.2. The third-order valence-corrected chi connectivity index (χ3v) is 8.11. The summed E-state index contributed by atoms with van der Waals surface area (Å²) in [4.78, 5) is 40.5. The van der Waals surface area contributed by atoms with Crippen molar-refractivity contribution in [2.45, 2.75) is 18.8 Å². The second-order valence-corrected chi connectivity index (χ2v) is 10.1. The lowest BCUT2D eigenvalue weighted by Gasteiger charge is -2.45. The third kappa shape index (κ3) is 3.13. The van der Waals surface area contributed by atoms with Gasteiger partial charge in [-0.25, -0.2) is 4.90 Å². The van der Waals surface area contributed by atoms with E-state index >= 15 is 0 Å². The second-order valence-electron chi connectivity index (χ2n) is 10.1. The maximum absolute atomic E-state index is 13.9. The van der Waals surface area contributed by atoms with Crippen LogP contribution in [0.1, 0.15) is 41.0 Å². The lowest BCUT2D eigenvalue weighted by Crippen LogP contribution is -2.41. The van der Waals surface area contributed by atoms with Gasteiger partial charge in [-0.1, -0.05) is 72.8 Å². The molecule has 3 aliphatic carbocycles. The van der Waals surface area contributed by atoms with Crippen molar-refractivity contribution >= 4 is 29.1 Å². The third-order valence-electron chi connectivity index (χ3n) is 8.11. The predicted molar refractivity (Wildman–Crippen MR) is 142 cm³/mol. The van der Waals surface area contributed by atoms with Crippen molar-refractivity contribution in [2.75, 3.05) is 10.2 Å². The molecule has 0 unspecified atom stereocenters. The lowest BCUT2D eigenvalue weighted by atomic mass is 9.55. The number of imide groups is 1. The Hall–Kier alpha value is -4.51. The SMILES string of the molecule is CC(=O)Nc1ccc(-c2ccc(N3C(=O)[C@@H]4C5c6ccccc6C(c6ccccc65)[C@H]4C3=O)cc2)cc1. The molecule has 8 rings (SSSR count). The number of carbonyl (C=O) groups is 3. The quantitative estimate of drug-likeness (QED) is 0.379. The van der Waals surface area contributed by atoms with Gasteiger partial charge in [-0.05, 0) is 57.6 Å². The van der Waals surface area contributed by atoms with Crippen LogP contribution in [0.2, 0.25) is 0 Å². The van der Waals surface area contributed by atoms with Gasteiger partial charge in [0.1, 0.15) is 0 Å². The van der Waals surface area contributed by atoms with Gasteiger partial charge >= 0.3 is 0 Å². The molecule has 5 heteroatoms. The van der Waals surface area contributed by atoms with Crippen LogP contribution in [0.4, 0.5) is 11.4 Å². The van der Waals surface area contributed by atoms with Crippen LogP contribution in [0.5, 0.6) is 0 Å². The van der Waals surface area contributed by atoms with E-state index in [0.717, 1.165) is 16.8 Å². The Balaban J connectivity index is 1.24. The molecule has 2 atom stereocenters. The highest BCUT2D eigenvalue weighted by Crippen LogP contribution is 2.61. The molecular weight excluding hydrogens is 460 g/mol. The molecule has 4 aromatic carbocycles. The molecule has 0 spiro atoms. The first-order valence-electron chi connectivity index (χ1n) is 12.6. The summed E-state index contributed by atoms with van der Waals surface area (Å²) < 4.78 is 0. The molecule has 37 heavy (non-hydrogen) atoms. The Labute approximate surface area is 214 Å². The van der Waals surface area contributed by atoms with Gasteiger partial charge in [-0.3, -0.25) is 14.4 Å². The van der Waals surface area contributed by atoms with Crippen molar-refractivity contribution in [3.8, 4) is 11.1 Å². The summed E-state index contributed by atoms with van der Waals surface area (Å²) in [6.45, 7) is 1.48. The van der Waals surface area contributed by atoms with Crippen LogP contribution in [0, 0.1) is 11.8 Å². The topological polar surface area (TPSA) is 66.5 Å². The van der Waals surface area contributed by atoms with Crippen LogP contribution >= 0.6 is 0 Å². The largest absolute Gasteiger partial charge is 0.326 e. The molecule has 1 fully saturated rings. The average molecular weight is 485 g/mol. The van der Waals surface area contributed by atoms with Crippen LogP contribution in [0.3, 0.4) is 0 Å². The first-order chi connectivity index (χ1) is 18.0. The monoisotopic (exact) mass is 484 g/mol. The Bertz CT molecular complexity index is 1470. The van der Waals surface area contributed by atoms with Crippen molar-refractivity contribution in [1.82, 2.24) is 0 Å². The second kappa shape index (κ2) is 8.00. The minimum absolute atomic E-state index is 0.106. The lowest BCUT2D eigenvalue weighted by molar-refractivity contribution is -0.122. The Morgan fingerprint density at radius 1 is 0.622 bits per heavy atom. The van der Waals surface area contributed by atoms with Crippen molar-refractivity contribution in [2.24, 2.45) is 11.8 Å². The average Bonchev–Trinajstić information content (AvgIpc) is 3.19. The number of amides is 3. The van der Waals surface area contributed by atoms with Gasteiger partial charge < -0.3 is 5.32 Å². The molecule has 1 saturated heterocycles. The molecule has 0 aromatic heterocycles. The number of hydrogen-bond acceptors (Lipinski definition) is 3. The van der Waals surface area contributed by atoms with E-state index in [2.05, 4.69) is 29.6 Å². The highest BCUT2D eigenvalue weighted by Gasteiger charge is 2.61. The summed E-state index contributed by atoms with van der Waals surface area (Å²) in [5, 5.41) is 2.77. The van der Waals surface area contributed by atoms with Crippen LogP contribution in [0.25, 0.3) is 11.1 Å². The van der Waals surface area contributed by atoms with Crippen LogP contribution in [-0.2, 0) is 14.4 Å². The number of benzene rings is 4. The molecule has 1 heterocycles. The zero-order chi connectivity index (χ0) is 25.3. The number of nitrogens with one attached hydrogen (secondary N) is 1. The van der Waals surface area contributed by atoms with Gasteiger partial charge in [-0.15, -0.1) is 0 Å². The normalized spacial score (nSPS) is 22.9. The maximum atomic E-state index is 13.9. The minimum Gasteiger partial charge on any atom is -0.326 e. The summed E-state index contributed by atoms with van der Waals surface area (Å²) in [5.41, 5.74) is 7.99. The summed E-state index contributed by atoms with van der Waals surface area (Å²) >= 11 is 0. The van der Waals surface area contributed by atoms with E-state index in [1.165, 1.54) is 34.1 Å². The summed E-state index contributed by atoms with van der Waals surface area (Å²) in [6, 6.07) is 31.7. The van der Waals surface area contributed by atoms with Gasteiger partial charge in [0.15, 0.2) is 0 Å². The van der Waals surface area contributed by atoms with E-state index in [1.807, 2.05) is 72.8 Å². The summed E-state index contributed by atoms with van der Waals surface area (Å²) in [5.74, 6) is -1.32. The van der Waals surface area contributed by atoms with E-state index in [4.69, 9.17) is 0 Å². The Kier molecular flexibility index (Phi) is 4.70. The van der Waals surface area contributed by atoms with E-state index < -0.39 is 0 Å². The van der Waals surface area contributed by atoms with E-state index in [0.29, 0.717) is 5.69 Å². The number of nitrogens with zero attached hydrogens (tertiary/aromatic N) is 1. The van der Waals surface area contributed by atoms with Crippen molar-refractivity contribution < 1.29 is 14.4 Å². The molecule has 3 amide bonds. The fourth-order valence-electron chi connectivity index (χ4n) is 6.68. The molecule has 4 aromatic rings. The molecule has 1 aliphatic heterocycles. The molecule has 0 radical (unpaired) electrons. The van der Waals surface area contributed by atoms with Crippen LogP contribution < -0.4 is 10.2 Å². The standard InChI is InChI=1S/C32H24N2O3/c1-18(35)33-21-14-10-19(11-15-21)20-12-16-22(17-13-20)34-31(36)29-27-23-6-2-3-7-24(23)28(30(29)32(34)37)26-9-5-4-8-25(26)27/h2-17,27-30H,1H3,(H,33,35)/t27?,28?,29-,30-/m1/s1. The van der Waals surface area contributed by atoms with E-state index in [1.54, 1.807) is 0 Å². The molecular formula is C32H24N2O3. The van der Waals surface area contributed by atoms with E-state index in [-0.39, 0.29) is 41.4 Å². The van der Waals surface area contributed by atoms with Crippen molar-refractivity contribution in [3.05, 3.63) is 119 Å². The van der Waals surface area contributed by atoms with Gasteiger partial charge in [0, 0.05) is 24.4 Å². The van der Waals surface area contributed by atoms with Gasteiger partial charge in [0.2, 0.25) is 17.7 Å². The van der Waals surface area contributed by atoms with Gasteiger partial charge in [-0.2, -0.15) is 0 Å². The zero-order valence-electron chi connectivity index (χ0n) is 20.2. The highest BCUT2D eigenvalue weighted by atomic mass is 16.2.